The minimum absolute atomic E-state index is 0.116. The molecule has 8 heteroatoms. The highest BCUT2D eigenvalue weighted by Gasteiger charge is 2.31. The summed E-state index contributed by atoms with van der Waals surface area (Å²) in [5.41, 5.74) is 1.72. The molecule has 0 N–H and O–H groups in total. The molecule has 1 amide bonds. The van der Waals surface area contributed by atoms with Gasteiger partial charge in [-0.25, -0.2) is 4.98 Å². The molecule has 1 aliphatic rings. The first kappa shape index (κ1) is 17.6. The summed E-state index contributed by atoms with van der Waals surface area (Å²) in [4.78, 5) is 18.8. The number of thioether (sulfide) groups is 1. The summed E-state index contributed by atoms with van der Waals surface area (Å²) < 4.78 is 5.68. The van der Waals surface area contributed by atoms with Crippen LogP contribution in [0, 0.1) is 11.3 Å². The molecule has 3 rings (SSSR count). The number of hydrogen-bond donors (Lipinski definition) is 0. The average Bonchev–Trinajstić information content (AvgIpc) is 3.19. The van der Waals surface area contributed by atoms with E-state index in [0.717, 1.165) is 11.3 Å². The largest absolute Gasteiger partial charge is 0.497 e. The first-order valence-electron chi connectivity index (χ1n) is 7.34. The van der Waals surface area contributed by atoms with Crippen molar-refractivity contribution in [2.45, 2.75) is 6.42 Å². The summed E-state index contributed by atoms with van der Waals surface area (Å²) in [6, 6.07) is 9.74. The summed E-state index contributed by atoms with van der Waals surface area (Å²) in [7, 11) is 1.63. The zero-order chi connectivity index (χ0) is 17.8. The second-order valence-electron chi connectivity index (χ2n) is 5.12. The van der Waals surface area contributed by atoms with Gasteiger partial charge in [-0.15, -0.1) is 11.3 Å². The van der Waals surface area contributed by atoms with Crippen molar-refractivity contribution in [1.29, 1.82) is 5.26 Å². The van der Waals surface area contributed by atoms with Crippen LogP contribution in [0.4, 0.5) is 0 Å². The number of carbonyl (C=O) groups is 1. The maximum Gasteiger partial charge on any atom is 0.266 e. The van der Waals surface area contributed by atoms with Crippen LogP contribution < -0.4 is 4.74 Å². The summed E-state index contributed by atoms with van der Waals surface area (Å²) in [5, 5.41) is 11.0. The number of aromatic nitrogens is 1. The van der Waals surface area contributed by atoms with Crippen LogP contribution in [-0.2, 0) is 11.2 Å². The van der Waals surface area contributed by atoms with Crippen molar-refractivity contribution in [3.63, 3.8) is 0 Å². The first-order chi connectivity index (χ1) is 12.1. The Morgan fingerprint density at radius 2 is 2.16 bits per heavy atom. The Bertz CT molecular complexity index is 881. The number of thiazole rings is 1. The number of benzene rings is 1. The third kappa shape index (κ3) is 4.07. The Kier molecular flexibility index (Phi) is 5.48. The summed E-state index contributed by atoms with van der Waals surface area (Å²) in [6.45, 7) is 0.523. The molecule has 126 valence electrons. The van der Waals surface area contributed by atoms with Crippen LogP contribution in [0.25, 0.3) is 6.08 Å². The number of methoxy groups -OCH3 is 1. The van der Waals surface area contributed by atoms with Crippen LogP contribution in [-0.4, -0.2) is 33.8 Å². The van der Waals surface area contributed by atoms with E-state index in [9.17, 15) is 4.79 Å². The molecule has 0 unspecified atom stereocenters. The maximum atomic E-state index is 12.6. The van der Waals surface area contributed by atoms with E-state index in [1.54, 1.807) is 23.5 Å². The van der Waals surface area contributed by atoms with E-state index in [1.807, 2.05) is 30.3 Å². The normalized spacial score (nSPS) is 15.7. The number of ether oxygens (including phenoxy) is 1. The molecule has 0 spiro atoms. The Morgan fingerprint density at radius 3 is 2.80 bits per heavy atom. The highest BCUT2D eigenvalue weighted by Crippen LogP contribution is 2.32. The molecule has 2 heterocycles. The molecule has 1 aliphatic heterocycles. The molecule has 1 aromatic heterocycles. The van der Waals surface area contributed by atoms with Crippen LogP contribution >= 0.6 is 35.3 Å². The van der Waals surface area contributed by atoms with Crippen molar-refractivity contribution in [2.24, 2.45) is 0 Å². The molecule has 1 fully saturated rings. The van der Waals surface area contributed by atoms with Crippen molar-refractivity contribution < 1.29 is 9.53 Å². The smallest absolute Gasteiger partial charge is 0.266 e. The van der Waals surface area contributed by atoms with Crippen molar-refractivity contribution >= 4 is 51.6 Å². The molecular weight excluding hydrogens is 374 g/mol. The highest BCUT2D eigenvalue weighted by atomic mass is 32.2. The lowest BCUT2D eigenvalue weighted by atomic mass is 10.1. The van der Waals surface area contributed by atoms with Gasteiger partial charge in [0.2, 0.25) is 0 Å². The number of nitrogens with zero attached hydrogens (tertiary/aromatic N) is 3. The van der Waals surface area contributed by atoms with Crippen molar-refractivity contribution in [3.05, 3.63) is 50.8 Å². The van der Waals surface area contributed by atoms with E-state index in [0.29, 0.717) is 32.9 Å². The second kappa shape index (κ2) is 7.78. The van der Waals surface area contributed by atoms with Gasteiger partial charge >= 0.3 is 0 Å². The van der Waals surface area contributed by atoms with Crippen LogP contribution in [0.1, 0.15) is 16.3 Å². The van der Waals surface area contributed by atoms with Crippen molar-refractivity contribution in [2.75, 3.05) is 13.7 Å². The van der Waals surface area contributed by atoms with Crippen LogP contribution in [0.15, 0.2) is 34.6 Å². The molecule has 0 atom stereocenters. The maximum absolute atomic E-state index is 12.6. The molecular formula is C17H13N3O2S3. The monoisotopic (exact) mass is 387 g/mol. The molecule has 0 saturated carbocycles. The third-order valence-corrected chi connectivity index (χ3v) is 5.70. The molecule has 2 aromatic rings. The van der Waals surface area contributed by atoms with E-state index < -0.39 is 0 Å². The third-order valence-electron chi connectivity index (χ3n) is 3.55. The van der Waals surface area contributed by atoms with Gasteiger partial charge in [-0.3, -0.25) is 9.69 Å². The van der Waals surface area contributed by atoms with Gasteiger partial charge < -0.3 is 4.74 Å². The number of nitriles is 1. The first-order valence-corrected chi connectivity index (χ1v) is 9.45. The summed E-state index contributed by atoms with van der Waals surface area (Å²) in [5.74, 6) is 0.687. The van der Waals surface area contributed by atoms with Crippen molar-refractivity contribution in [3.8, 4) is 11.8 Å². The number of rotatable bonds is 5. The van der Waals surface area contributed by atoms with E-state index in [1.165, 1.54) is 23.1 Å². The Labute approximate surface area is 158 Å². The number of amides is 1. The van der Waals surface area contributed by atoms with Gasteiger partial charge in [0.15, 0.2) is 5.01 Å². The van der Waals surface area contributed by atoms with Crippen molar-refractivity contribution in [1.82, 2.24) is 9.88 Å². The SMILES string of the molecule is COc1ccc(CCN2C(=O)/C(=C/c3csc(C#N)n3)SC2=S)cc1. The van der Waals surface area contributed by atoms with Gasteiger partial charge in [0.1, 0.15) is 16.1 Å². The fourth-order valence-corrected chi connectivity index (χ4v) is 4.12. The van der Waals surface area contributed by atoms with Crippen LogP contribution in [0.2, 0.25) is 0 Å². The Balaban J connectivity index is 1.67. The van der Waals surface area contributed by atoms with Gasteiger partial charge in [0, 0.05) is 11.9 Å². The van der Waals surface area contributed by atoms with E-state index in [4.69, 9.17) is 22.2 Å². The zero-order valence-electron chi connectivity index (χ0n) is 13.3. The average molecular weight is 388 g/mol. The van der Waals surface area contributed by atoms with Gasteiger partial charge in [-0.05, 0) is 30.2 Å². The minimum Gasteiger partial charge on any atom is -0.497 e. The highest BCUT2D eigenvalue weighted by molar-refractivity contribution is 8.26. The van der Waals surface area contributed by atoms with E-state index >= 15 is 0 Å². The van der Waals surface area contributed by atoms with E-state index in [-0.39, 0.29) is 5.91 Å². The molecule has 25 heavy (non-hydrogen) atoms. The molecule has 1 saturated heterocycles. The molecule has 1 aromatic carbocycles. The fraction of sp³-hybridized carbons (Fsp3) is 0.176. The quantitative estimate of drug-likeness (QED) is 0.578. The lowest BCUT2D eigenvalue weighted by Gasteiger charge is -2.14. The van der Waals surface area contributed by atoms with Crippen LogP contribution in [0.5, 0.6) is 5.75 Å². The molecule has 0 radical (unpaired) electrons. The number of thiocarbonyl (C=S) groups is 1. The molecule has 0 aliphatic carbocycles. The number of hydrogen-bond acceptors (Lipinski definition) is 7. The molecule has 5 nitrogen and oxygen atoms in total. The zero-order valence-corrected chi connectivity index (χ0v) is 15.7. The Morgan fingerprint density at radius 1 is 1.40 bits per heavy atom. The van der Waals surface area contributed by atoms with Gasteiger partial charge in [-0.2, -0.15) is 5.26 Å². The lowest BCUT2D eigenvalue weighted by molar-refractivity contribution is -0.122. The van der Waals surface area contributed by atoms with Gasteiger partial charge in [-0.1, -0.05) is 36.1 Å². The minimum atomic E-state index is -0.116. The predicted octanol–water partition coefficient (Wildman–Crippen LogP) is 3.47. The summed E-state index contributed by atoms with van der Waals surface area (Å²) >= 11 is 7.85. The van der Waals surface area contributed by atoms with Crippen LogP contribution in [0.3, 0.4) is 0 Å². The fourth-order valence-electron chi connectivity index (χ4n) is 2.26. The Hall–Kier alpha value is -2.21. The second-order valence-corrected chi connectivity index (χ2v) is 7.65. The molecule has 0 bridgehead atoms. The lowest BCUT2D eigenvalue weighted by Crippen LogP contribution is -2.30. The van der Waals surface area contributed by atoms with Gasteiger partial charge in [0.05, 0.1) is 17.7 Å². The predicted molar refractivity (Wildman–Crippen MR) is 103 cm³/mol. The topological polar surface area (TPSA) is 66.2 Å². The standard InChI is InChI=1S/C17H13N3O2S3/c1-22-13-4-2-11(3-5-13)6-7-20-16(21)14(25-17(20)23)8-12-10-24-15(9-18)19-12/h2-5,8,10H,6-7H2,1H3/b14-8-. The summed E-state index contributed by atoms with van der Waals surface area (Å²) in [6.07, 6.45) is 2.39. The van der Waals surface area contributed by atoms with Gasteiger partial charge in [0.25, 0.3) is 5.91 Å². The number of carbonyl (C=O) groups excluding carboxylic acids is 1. The van der Waals surface area contributed by atoms with E-state index in [2.05, 4.69) is 4.98 Å².